The van der Waals surface area contributed by atoms with E-state index in [9.17, 15) is 9.59 Å². The van der Waals surface area contributed by atoms with Crippen molar-refractivity contribution in [2.45, 2.75) is 26.8 Å². The first-order valence-electron chi connectivity index (χ1n) is 7.77. The molecule has 0 spiro atoms. The second-order valence-corrected chi connectivity index (χ2v) is 5.75. The number of hydrogen-bond donors (Lipinski definition) is 0. The van der Waals surface area contributed by atoms with Gasteiger partial charge in [-0.25, -0.2) is 4.98 Å². The van der Waals surface area contributed by atoms with Gasteiger partial charge in [0.1, 0.15) is 5.75 Å². The summed E-state index contributed by atoms with van der Waals surface area (Å²) in [6.07, 6.45) is 1.57. The summed E-state index contributed by atoms with van der Waals surface area (Å²) in [5.74, 6) is 0.177. The van der Waals surface area contributed by atoms with Gasteiger partial charge in [0.2, 0.25) is 0 Å². The Labute approximate surface area is 139 Å². The Bertz CT molecular complexity index is 960. The van der Waals surface area contributed by atoms with Gasteiger partial charge in [0, 0.05) is 6.54 Å². The number of benzene rings is 2. The minimum absolute atomic E-state index is 0.104. The van der Waals surface area contributed by atoms with Crippen LogP contribution in [0.1, 0.15) is 17.5 Å². The van der Waals surface area contributed by atoms with Crippen LogP contribution in [0.5, 0.6) is 5.75 Å². The Morgan fingerprint density at radius 3 is 2.75 bits per heavy atom. The van der Waals surface area contributed by atoms with Crippen molar-refractivity contribution in [2.24, 2.45) is 0 Å². The maximum absolute atomic E-state index is 12.4. The summed E-state index contributed by atoms with van der Waals surface area (Å²) in [5, 5.41) is 0.544. The van der Waals surface area contributed by atoms with Crippen LogP contribution in [0.2, 0.25) is 0 Å². The number of rotatable bonds is 4. The fourth-order valence-electron chi connectivity index (χ4n) is 2.56. The fourth-order valence-corrected chi connectivity index (χ4v) is 2.56. The van der Waals surface area contributed by atoms with E-state index in [2.05, 4.69) is 4.98 Å². The molecule has 3 aromatic rings. The highest BCUT2D eigenvalue weighted by atomic mass is 16.5. The fraction of sp³-hybridized carbons (Fsp3) is 0.211. The summed E-state index contributed by atoms with van der Waals surface area (Å²) in [6.45, 7) is 4.12. The maximum atomic E-state index is 12.4. The SMILES string of the molecule is Cc1ccc(OC(=O)CCn2cnc3ccccc3c2=O)c(C)c1. The lowest BCUT2D eigenvalue weighted by molar-refractivity contribution is -0.134. The predicted octanol–water partition coefficient (Wildman–Crippen LogP) is 3.01. The molecule has 1 aromatic heterocycles. The highest BCUT2D eigenvalue weighted by molar-refractivity contribution is 5.77. The van der Waals surface area contributed by atoms with Crippen LogP contribution in [0.4, 0.5) is 0 Å². The third-order valence-corrected chi connectivity index (χ3v) is 3.84. The molecule has 0 atom stereocenters. The summed E-state index contributed by atoms with van der Waals surface area (Å²) in [5.41, 5.74) is 2.52. The first kappa shape index (κ1) is 15.9. The van der Waals surface area contributed by atoms with Gasteiger partial charge in [0.05, 0.1) is 23.7 Å². The summed E-state index contributed by atoms with van der Waals surface area (Å²) in [6, 6.07) is 12.8. The second-order valence-electron chi connectivity index (χ2n) is 5.75. The molecule has 5 nitrogen and oxygen atoms in total. The number of para-hydroxylation sites is 1. The van der Waals surface area contributed by atoms with E-state index in [0.717, 1.165) is 11.1 Å². The molecule has 5 heteroatoms. The lowest BCUT2D eigenvalue weighted by Gasteiger charge is -2.09. The Hall–Kier alpha value is -2.95. The van der Waals surface area contributed by atoms with Gasteiger partial charge in [-0.1, -0.05) is 29.8 Å². The molecule has 0 radical (unpaired) electrons. The zero-order valence-electron chi connectivity index (χ0n) is 13.7. The predicted molar refractivity (Wildman–Crippen MR) is 92.2 cm³/mol. The van der Waals surface area contributed by atoms with E-state index < -0.39 is 0 Å². The van der Waals surface area contributed by atoms with E-state index in [0.29, 0.717) is 16.7 Å². The second kappa shape index (κ2) is 6.66. The molecule has 24 heavy (non-hydrogen) atoms. The van der Waals surface area contributed by atoms with E-state index in [4.69, 9.17) is 4.74 Å². The molecule has 0 fully saturated rings. The first-order chi connectivity index (χ1) is 11.5. The van der Waals surface area contributed by atoms with E-state index in [1.165, 1.54) is 10.9 Å². The molecule has 0 bridgehead atoms. The minimum atomic E-state index is -0.373. The molecule has 3 rings (SSSR count). The largest absolute Gasteiger partial charge is 0.426 e. The van der Waals surface area contributed by atoms with Crippen LogP contribution in [-0.2, 0) is 11.3 Å². The number of carbonyl (C=O) groups is 1. The van der Waals surface area contributed by atoms with Crippen LogP contribution in [0, 0.1) is 13.8 Å². The van der Waals surface area contributed by atoms with E-state index in [1.807, 2.05) is 32.0 Å². The first-order valence-corrected chi connectivity index (χ1v) is 7.77. The number of esters is 1. The molecule has 0 N–H and O–H groups in total. The van der Waals surface area contributed by atoms with Crippen molar-refractivity contribution < 1.29 is 9.53 Å². The van der Waals surface area contributed by atoms with Gasteiger partial charge in [-0.3, -0.25) is 14.2 Å². The summed E-state index contributed by atoms with van der Waals surface area (Å²) >= 11 is 0. The standard InChI is InChI=1S/C19H18N2O3/c1-13-7-8-17(14(2)11-13)24-18(22)9-10-21-12-20-16-6-4-3-5-15(16)19(21)23/h3-8,11-12H,9-10H2,1-2H3. The number of hydrogen-bond acceptors (Lipinski definition) is 4. The van der Waals surface area contributed by atoms with Crippen molar-refractivity contribution in [3.05, 3.63) is 70.3 Å². The van der Waals surface area contributed by atoms with Crippen LogP contribution in [0.3, 0.4) is 0 Å². The molecular weight excluding hydrogens is 304 g/mol. The summed E-state index contributed by atoms with van der Waals surface area (Å²) < 4.78 is 6.81. The third-order valence-electron chi connectivity index (χ3n) is 3.84. The Kier molecular flexibility index (Phi) is 4.42. The topological polar surface area (TPSA) is 61.2 Å². The molecular formula is C19H18N2O3. The van der Waals surface area contributed by atoms with Crippen molar-refractivity contribution in [1.82, 2.24) is 9.55 Å². The van der Waals surface area contributed by atoms with Crippen molar-refractivity contribution in [3.8, 4) is 5.75 Å². The number of aryl methyl sites for hydroxylation is 3. The van der Waals surface area contributed by atoms with Crippen LogP contribution in [-0.4, -0.2) is 15.5 Å². The van der Waals surface area contributed by atoms with Gasteiger partial charge in [-0.05, 0) is 37.6 Å². The van der Waals surface area contributed by atoms with Crippen LogP contribution in [0.15, 0.2) is 53.6 Å². The minimum Gasteiger partial charge on any atom is -0.426 e. The number of ether oxygens (including phenoxy) is 1. The Morgan fingerprint density at radius 2 is 1.96 bits per heavy atom. The summed E-state index contributed by atoms with van der Waals surface area (Å²) in [7, 11) is 0. The van der Waals surface area contributed by atoms with Gasteiger partial charge < -0.3 is 4.74 Å². The van der Waals surface area contributed by atoms with Gasteiger partial charge in [-0.15, -0.1) is 0 Å². The zero-order valence-corrected chi connectivity index (χ0v) is 13.7. The van der Waals surface area contributed by atoms with Crippen molar-refractivity contribution in [2.75, 3.05) is 0 Å². The average Bonchev–Trinajstić information content (AvgIpc) is 2.57. The van der Waals surface area contributed by atoms with Crippen LogP contribution < -0.4 is 10.3 Å². The molecule has 1 heterocycles. The number of aromatic nitrogens is 2. The lowest BCUT2D eigenvalue weighted by Crippen LogP contribution is -2.23. The smallest absolute Gasteiger partial charge is 0.313 e. The van der Waals surface area contributed by atoms with Crippen molar-refractivity contribution in [3.63, 3.8) is 0 Å². The Balaban J connectivity index is 1.70. The maximum Gasteiger partial charge on any atom is 0.313 e. The molecule has 0 aliphatic carbocycles. The molecule has 0 saturated heterocycles. The zero-order chi connectivity index (χ0) is 17.1. The van der Waals surface area contributed by atoms with Gasteiger partial charge >= 0.3 is 5.97 Å². The average molecular weight is 322 g/mol. The van der Waals surface area contributed by atoms with Gasteiger partial charge in [0.15, 0.2) is 0 Å². The molecule has 0 aliphatic rings. The quantitative estimate of drug-likeness (QED) is 0.547. The molecule has 0 saturated carbocycles. The molecule has 0 amide bonds. The van der Waals surface area contributed by atoms with Crippen LogP contribution >= 0.6 is 0 Å². The van der Waals surface area contributed by atoms with Gasteiger partial charge in [0.25, 0.3) is 5.56 Å². The normalized spacial score (nSPS) is 10.8. The molecule has 2 aromatic carbocycles. The van der Waals surface area contributed by atoms with Gasteiger partial charge in [-0.2, -0.15) is 0 Å². The molecule has 0 aliphatic heterocycles. The van der Waals surface area contributed by atoms with Crippen molar-refractivity contribution >= 4 is 16.9 Å². The van der Waals surface area contributed by atoms with E-state index in [1.54, 1.807) is 24.3 Å². The monoisotopic (exact) mass is 322 g/mol. The van der Waals surface area contributed by atoms with E-state index >= 15 is 0 Å². The lowest BCUT2D eigenvalue weighted by atomic mass is 10.1. The third kappa shape index (κ3) is 3.35. The molecule has 122 valence electrons. The number of carbonyl (C=O) groups excluding carboxylic acids is 1. The summed E-state index contributed by atoms with van der Waals surface area (Å²) in [4.78, 5) is 28.6. The molecule has 0 unspecified atom stereocenters. The number of fused-ring (bicyclic) bond motifs is 1. The number of nitrogens with zero attached hydrogens (tertiary/aromatic N) is 2. The van der Waals surface area contributed by atoms with E-state index in [-0.39, 0.29) is 24.5 Å². The Morgan fingerprint density at radius 1 is 1.17 bits per heavy atom. The highest BCUT2D eigenvalue weighted by Crippen LogP contribution is 2.19. The van der Waals surface area contributed by atoms with Crippen molar-refractivity contribution in [1.29, 1.82) is 0 Å². The van der Waals surface area contributed by atoms with Crippen LogP contribution in [0.25, 0.3) is 10.9 Å². The highest BCUT2D eigenvalue weighted by Gasteiger charge is 2.09.